The van der Waals surface area contributed by atoms with Gasteiger partial charge < -0.3 is 10.2 Å². The van der Waals surface area contributed by atoms with Crippen LogP contribution in [0, 0.1) is 23.0 Å². The van der Waals surface area contributed by atoms with Crippen LogP contribution in [0.3, 0.4) is 0 Å². The van der Waals surface area contributed by atoms with Crippen LogP contribution in [0.4, 0.5) is 11.4 Å². The molecule has 0 aliphatic carbocycles. The molecule has 0 spiro atoms. The van der Waals surface area contributed by atoms with Crippen LogP contribution in [-0.2, 0) is 9.59 Å². The number of hydrogen-bond donors (Lipinski definition) is 1. The molecule has 0 bridgehead atoms. The number of nitrogens with zero attached hydrogens (tertiary/aromatic N) is 3. The number of amides is 2. The zero-order valence-electron chi connectivity index (χ0n) is 15.5. The molecule has 1 aromatic carbocycles. The standard InChI is InChI=1S/C18H26N4O4/c1-13(2)18(24)21-10-8-20(9-11-21)7-6-17(23)19-16-12-15(22(25)26)5-4-14(16)3/h4-5,12-13H,6-11H2,1-3H3,(H,19,23). The lowest BCUT2D eigenvalue weighted by atomic mass is 10.1. The monoisotopic (exact) mass is 362 g/mol. The van der Waals surface area contributed by atoms with Crippen molar-refractivity contribution in [2.45, 2.75) is 27.2 Å². The van der Waals surface area contributed by atoms with Crippen LogP contribution in [0.2, 0.25) is 0 Å². The lowest BCUT2D eigenvalue weighted by Crippen LogP contribution is -2.50. The van der Waals surface area contributed by atoms with Crippen molar-refractivity contribution < 1.29 is 14.5 Å². The Hall–Kier alpha value is -2.48. The van der Waals surface area contributed by atoms with E-state index in [1.54, 1.807) is 13.0 Å². The Bertz CT molecular complexity index is 682. The van der Waals surface area contributed by atoms with Gasteiger partial charge in [0.05, 0.1) is 10.6 Å². The van der Waals surface area contributed by atoms with Crippen LogP contribution in [0.15, 0.2) is 18.2 Å². The van der Waals surface area contributed by atoms with Crippen LogP contribution in [0.1, 0.15) is 25.8 Å². The van der Waals surface area contributed by atoms with Crippen LogP contribution in [0.5, 0.6) is 0 Å². The third kappa shape index (κ3) is 5.26. The number of rotatable bonds is 6. The van der Waals surface area contributed by atoms with E-state index in [0.717, 1.165) is 18.7 Å². The summed E-state index contributed by atoms with van der Waals surface area (Å²) in [4.78, 5) is 38.6. The number of aryl methyl sites for hydroxylation is 1. The molecule has 1 fully saturated rings. The van der Waals surface area contributed by atoms with E-state index in [-0.39, 0.29) is 23.4 Å². The summed E-state index contributed by atoms with van der Waals surface area (Å²) in [7, 11) is 0. The van der Waals surface area contributed by atoms with E-state index in [1.807, 2.05) is 18.7 Å². The number of nitro groups is 1. The fourth-order valence-electron chi connectivity index (χ4n) is 2.89. The molecule has 1 aliphatic rings. The topological polar surface area (TPSA) is 95.8 Å². The molecule has 1 saturated heterocycles. The van der Waals surface area contributed by atoms with Crippen LogP contribution >= 0.6 is 0 Å². The largest absolute Gasteiger partial charge is 0.340 e. The summed E-state index contributed by atoms with van der Waals surface area (Å²) < 4.78 is 0. The van der Waals surface area contributed by atoms with Gasteiger partial charge in [0.2, 0.25) is 11.8 Å². The van der Waals surface area contributed by atoms with E-state index in [1.165, 1.54) is 12.1 Å². The van der Waals surface area contributed by atoms with Crippen molar-refractivity contribution in [2.75, 3.05) is 38.0 Å². The zero-order valence-corrected chi connectivity index (χ0v) is 15.5. The Morgan fingerprint density at radius 1 is 1.23 bits per heavy atom. The molecule has 1 aromatic rings. The van der Waals surface area contributed by atoms with Gasteiger partial charge in [-0.05, 0) is 12.5 Å². The molecule has 1 N–H and O–H groups in total. The zero-order chi connectivity index (χ0) is 19.3. The van der Waals surface area contributed by atoms with Gasteiger partial charge in [0.15, 0.2) is 0 Å². The Morgan fingerprint density at radius 3 is 2.46 bits per heavy atom. The Morgan fingerprint density at radius 2 is 1.88 bits per heavy atom. The summed E-state index contributed by atoms with van der Waals surface area (Å²) in [5.74, 6) is 0.00308. The molecule has 0 aromatic heterocycles. The number of hydrogen-bond acceptors (Lipinski definition) is 5. The summed E-state index contributed by atoms with van der Waals surface area (Å²) in [5.41, 5.74) is 1.21. The summed E-state index contributed by atoms with van der Waals surface area (Å²) in [5, 5.41) is 13.6. The SMILES string of the molecule is Cc1ccc([N+](=O)[O-])cc1NC(=O)CCN1CCN(C(=O)C(C)C)CC1. The number of carbonyl (C=O) groups excluding carboxylic acids is 2. The van der Waals surface area contributed by atoms with Crippen LogP contribution in [-0.4, -0.2) is 59.3 Å². The number of carbonyl (C=O) groups is 2. The number of benzene rings is 1. The van der Waals surface area contributed by atoms with E-state index >= 15 is 0 Å². The highest BCUT2D eigenvalue weighted by Gasteiger charge is 2.23. The highest BCUT2D eigenvalue weighted by Crippen LogP contribution is 2.22. The summed E-state index contributed by atoms with van der Waals surface area (Å²) in [6, 6.07) is 4.42. The quantitative estimate of drug-likeness (QED) is 0.617. The molecular formula is C18H26N4O4. The second-order valence-electron chi connectivity index (χ2n) is 6.88. The minimum atomic E-state index is -0.479. The van der Waals surface area contributed by atoms with Crippen molar-refractivity contribution in [1.29, 1.82) is 0 Å². The summed E-state index contributed by atoms with van der Waals surface area (Å²) in [6.45, 7) is 9.06. The number of nitrogens with one attached hydrogen (secondary N) is 1. The molecule has 2 rings (SSSR count). The first-order valence-electron chi connectivity index (χ1n) is 8.84. The normalized spacial score (nSPS) is 15.2. The van der Waals surface area contributed by atoms with Gasteiger partial charge >= 0.3 is 0 Å². The lowest BCUT2D eigenvalue weighted by molar-refractivity contribution is -0.384. The predicted molar refractivity (Wildman–Crippen MR) is 98.9 cm³/mol. The highest BCUT2D eigenvalue weighted by atomic mass is 16.6. The predicted octanol–water partition coefficient (Wildman–Crippen LogP) is 2.03. The third-order valence-corrected chi connectivity index (χ3v) is 4.54. The van der Waals surface area contributed by atoms with Gasteiger partial charge in [-0.15, -0.1) is 0 Å². The van der Waals surface area contributed by atoms with Gasteiger partial charge in [-0.3, -0.25) is 24.6 Å². The van der Waals surface area contributed by atoms with E-state index in [9.17, 15) is 19.7 Å². The van der Waals surface area contributed by atoms with Crippen LogP contribution in [0.25, 0.3) is 0 Å². The molecule has 142 valence electrons. The highest BCUT2D eigenvalue weighted by molar-refractivity contribution is 5.92. The van der Waals surface area contributed by atoms with Crippen molar-refractivity contribution >= 4 is 23.2 Å². The maximum absolute atomic E-state index is 12.2. The van der Waals surface area contributed by atoms with Gasteiger partial charge in [0.25, 0.3) is 5.69 Å². The number of piperazine rings is 1. The first-order chi connectivity index (χ1) is 12.3. The molecule has 0 unspecified atom stereocenters. The molecule has 1 aliphatic heterocycles. The molecule has 0 radical (unpaired) electrons. The molecule has 26 heavy (non-hydrogen) atoms. The van der Waals surface area contributed by atoms with E-state index < -0.39 is 4.92 Å². The number of anilines is 1. The molecular weight excluding hydrogens is 336 g/mol. The second kappa shape index (κ2) is 8.75. The van der Waals surface area contributed by atoms with Crippen molar-refractivity contribution in [3.8, 4) is 0 Å². The maximum atomic E-state index is 12.2. The molecule has 2 amide bonds. The molecule has 8 nitrogen and oxygen atoms in total. The Kier molecular flexibility index (Phi) is 6.68. The Balaban J connectivity index is 1.81. The van der Waals surface area contributed by atoms with Crippen LogP contribution < -0.4 is 5.32 Å². The van der Waals surface area contributed by atoms with E-state index in [2.05, 4.69) is 10.2 Å². The van der Waals surface area contributed by atoms with Crippen molar-refractivity contribution in [3.63, 3.8) is 0 Å². The van der Waals surface area contributed by atoms with Crippen molar-refractivity contribution in [3.05, 3.63) is 33.9 Å². The molecule has 0 saturated carbocycles. The van der Waals surface area contributed by atoms with Gasteiger partial charge in [0.1, 0.15) is 0 Å². The summed E-state index contributed by atoms with van der Waals surface area (Å²) in [6.07, 6.45) is 0.306. The number of non-ortho nitro benzene ring substituents is 1. The minimum Gasteiger partial charge on any atom is -0.340 e. The van der Waals surface area contributed by atoms with Gasteiger partial charge in [0, 0.05) is 57.2 Å². The van der Waals surface area contributed by atoms with Gasteiger partial charge in [-0.2, -0.15) is 0 Å². The fourth-order valence-corrected chi connectivity index (χ4v) is 2.89. The average molecular weight is 362 g/mol. The first-order valence-corrected chi connectivity index (χ1v) is 8.84. The lowest BCUT2D eigenvalue weighted by Gasteiger charge is -2.35. The maximum Gasteiger partial charge on any atom is 0.271 e. The van der Waals surface area contributed by atoms with Gasteiger partial charge in [-0.25, -0.2) is 0 Å². The molecule has 1 heterocycles. The van der Waals surface area contributed by atoms with Gasteiger partial charge in [-0.1, -0.05) is 19.9 Å². The van der Waals surface area contributed by atoms with Crippen molar-refractivity contribution in [1.82, 2.24) is 9.80 Å². The minimum absolute atomic E-state index is 0.00509. The smallest absolute Gasteiger partial charge is 0.271 e. The van der Waals surface area contributed by atoms with E-state index in [4.69, 9.17) is 0 Å². The average Bonchev–Trinajstić information content (AvgIpc) is 2.61. The van der Waals surface area contributed by atoms with E-state index in [0.29, 0.717) is 31.7 Å². The third-order valence-electron chi connectivity index (χ3n) is 4.54. The fraction of sp³-hybridized carbons (Fsp3) is 0.556. The summed E-state index contributed by atoms with van der Waals surface area (Å²) >= 11 is 0. The molecule has 0 atom stereocenters. The van der Waals surface area contributed by atoms with Crippen molar-refractivity contribution in [2.24, 2.45) is 5.92 Å². The molecule has 8 heteroatoms. The Labute approximate surface area is 153 Å². The first kappa shape index (κ1) is 19.8. The number of nitro benzene ring substituents is 1. The second-order valence-corrected chi connectivity index (χ2v) is 6.88.